The number of nitrogens with zero attached hydrogens (tertiary/aromatic N) is 2. The van der Waals surface area contributed by atoms with Crippen molar-refractivity contribution in [3.8, 4) is 33.7 Å². The van der Waals surface area contributed by atoms with Crippen LogP contribution in [0.4, 0.5) is 17.1 Å². The molecule has 0 unspecified atom stereocenters. The van der Waals surface area contributed by atoms with Crippen molar-refractivity contribution in [1.29, 1.82) is 0 Å². The van der Waals surface area contributed by atoms with Crippen LogP contribution in [0, 0.1) is 0 Å². The number of oxazole rings is 1. The van der Waals surface area contributed by atoms with Crippen LogP contribution in [0.15, 0.2) is 195 Å². The summed E-state index contributed by atoms with van der Waals surface area (Å²) in [7, 11) is 0. The Bertz CT molecular complexity index is 3160. The first-order chi connectivity index (χ1) is 26.7. The van der Waals surface area contributed by atoms with E-state index in [-0.39, 0.29) is 0 Å². The summed E-state index contributed by atoms with van der Waals surface area (Å²) in [6.07, 6.45) is 0. The molecule has 5 heteroatoms. The molecular formula is C49H30N2O3. The van der Waals surface area contributed by atoms with E-state index in [1.54, 1.807) is 0 Å². The van der Waals surface area contributed by atoms with Crippen molar-refractivity contribution in [1.82, 2.24) is 4.98 Å². The van der Waals surface area contributed by atoms with Crippen molar-refractivity contribution in [2.45, 2.75) is 0 Å². The number of fused-ring (bicyclic) bond motifs is 8. The first kappa shape index (κ1) is 30.3. The summed E-state index contributed by atoms with van der Waals surface area (Å²) < 4.78 is 18.9. The van der Waals surface area contributed by atoms with Crippen LogP contribution in [0.25, 0.3) is 88.7 Å². The fourth-order valence-corrected chi connectivity index (χ4v) is 7.75. The highest BCUT2D eigenvalue weighted by Crippen LogP contribution is 2.44. The lowest BCUT2D eigenvalue weighted by Crippen LogP contribution is -2.11. The van der Waals surface area contributed by atoms with Crippen molar-refractivity contribution >= 4 is 72.0 Å². The largest absolute Gasteiger partial charge is 0.456 e. The molecule has 0 atom stereocenters. The van der Waals surface area contributed by atoms with E-state index < -0.39 is 0 Å². The standard InChI is InChI=1S/C49H30N2O3/c1-3-11-32(12-4-1)37-15-7-9-17-41(37)51(36-24-25-39-38-16-8-10-18-42(38)53-46(39)30-36)35-22-19-31(20-23-35)34-21-26-43-40(29-34)47-44(52-43)27-28-45-48(47)50-49(54-45)33-13-5-2-6-14-33/h1-30H. The van der Waals surface area contributed by atoms with Gasteiger partial charge in [-0.1, -0.05) is 103 Å². The Morgan fingerprint density at radius 1 is 0.370 bits per heavy atom. The maximum atomic E-state index is 6.37. The average molecular weight is 695 g/mol. The van der Waals surface area contributed by atoms with E-state index in [0.717, 1.165) is 99.9 Å². The number of benzene rings is 8. The molecule has 5 nitrogen and oxygen atoms in total. The number of anilines is 3. The highest BCUT2D eigenvalue weighted by Gasteiger charge is 2.20. The molecule has 0 spiro atoms. The molecule has 0 bridgehead atoms. The highest BCUT2D eigenvalue weighted by molar-refractivity contribution is 6.17. The quantitative estimate of drug-likeness (QED) is 0.173. The molecule has 54 heavy (non-hydrogen) atoms. The van der Waals surface area contributed by atoms with Gasteiger partial charge in [0.2, 0.25) is 5.89 Å². The Balaban J connectivity index is 1.03. The lowest BCUT2D eigenvalue weighted by atomic mass is 10.00. The van der Waals surface area contributed by atoms with E-state index >= 15 is 0 Å². The van der Waals surface area contributed by atoms with Crippen LogP contribution in [0.3, 0.4) is 0 Å². The molecule has 11 rings (SSSR count). The molecule has 3 heterocycles. The van der Waals surface area contributed by atoms with E-state index in [4.69, 9.17) is 18.2 Å². The third-order valence-electron chi connectivity index (χ3n) is 10.3. The zero-order valence-corrected chi connectivity index (χ0v) is 28.9. The van der Waals surface area contributed by atoms with Gasteiger partial charge in [0, 0.05) is 44.7 Å². The number of rotatable bonds is 6. The first-order valence-corrected chi connectivity index (χ1v) is 18.0. The van der Waals surface area contributed by atoms with E-state index in [1.165, 1.54) is 0 Å². The number of hydrogen-bond donors (Lipinski definition) is 0. The van der Waals surface area contributed by atoms with Crippen LogP contribution in [-0.2, 0) is 0 Å². The monoisotopic (exact) mass is 694 g/mol. The third-order valence-corrected chi connectivity index (χ3v) is 10.3. The van der Waals surface area contributed by atoms with Gasteiger partial charge in [0.05, 0.1) is 11.1 Å². The van der Waals surface area contributed by atoms with Crippen LogP contribution < -0.4 is 4.90 Å². The normalized spacial score (nSPS) is 11.7. The Kier molecular flexibility index (Phi) is 6.79. The van der Waals surface area contributed by atoms with Crippen LogP contribution in [0.5, 0.6) is 0 Å². The van der Waals surface area contributed by atoms with Gasteiger partial charge in [-0.2, -0.15) is 0 Å². The SMILES string of the molecule is c1ccc(-c2nc3c(ccc4oc5ccc(-c6ccc(N(c7ccc8c(c7)oc7ccccc78)c7ccccc7-c7ccccc7)cc6)cc5c43)o2)cc1. The molecule has 0 saturated carbocycles. The number of para-hydroxylation sites is 2. The molecule has 0 saturated heterocycles. The topological polar surface area (TPSA) is 55.6 Å². The fraction of sp³-hybridized carbons (Fsp3) is 0. The first-order valence-electron chi connectivity index (χ1n) is 18.0. The third kappa shape index (κ3) is 4.90. The summed E-state index contributed by atoms with van der Waals surface area (Å²) in [5, 5.41) is 4.17. The summed E-state index contributed by atoms with van der Waals surface area (Å²) in [6.45, 7) is 0. The summed E-state index contributed by atoms with van der Waals surface area (Å²) in [6, 6.07) is 62.9. The van der Waals surface area contributed by atoms with E-state index in [9.17, 15) is 0 Å². The molecule has 0 N–H and O–H groups in total. The molecule has 11 aromatic rings. The zero-order valence-electron chi connectivity index (χ0n) is 28.9. The second kappa shape index (κ2) is 12.1. The number of furan rings is 2. The average Bonchev–Trinajstić information content (AvgIpc) is 3.95. The van der Waals surface area contributed by atoms with E-state index in [2.05, 4.69) is 126 Å². The lowest BCUT2D eigenvalue weighted by Gasteiger charge is -2.28. The van der Waals surface area contributed by atoms with Crippen molar-refractivity contribution < 1.29 is 13.3 Å². The minimum atomic E-state index is 0.594. The van der Waals surface area contributed by atoms with Gasteiger partial charge in [-0.25, -0.2) is 4.98 Å². The van der Waals surface area contributed by atoms with E-state index in [0.29, 0.717) is 5.89 Å². The summed E-state index contributed by atoms with van der Waals surface area (Å²) in [5.74, 6) is 0.594. The predicted molar refractivity (Wildman–Crippen MR) is 220 cm³/mol. The van der Waals surface area contributed by atoms with Gasteiger partial charge in [-0.05, 0) is 89.5 Å². The molecule has 0 aliphatic carbocycles. The minimum absolute atomic E-state index is 0.594. The van der Waals surface area contributed by atoms with Crippen molar-refractivity contribution in [3.05, 3.63) is 182 Å². The molecule has 0 fully saturated rings. The van der Waals surface area contributed by atoms with Gasteiger partial charge in [-0.3, -0.25) is 0 Å². The summed E-state index contributed by atoms with van der Waals surface area (Å²) >= 11 is 0. The lowest BCUT2D eigenvalue weighted by molar-refractivity contribution is 0.619. The van der Waals surface area contributed by atoms with Crippen LogP contribution in [0.1, 0.15) is 0 Å². The van der Waals surface area contributed by atoms with Crippen LogP contribution in [0.2, 0.25) is 0 Å². The van der Waals surface area contributed by atoms with Gasteiger partial charge in [-0.15, -0.1) is 0 Å². The second-order valence-corrected chi connectivity index (χ2v) is 13.5. The van der Waals surface area contributed by atoms with Gasteiger partial charge in [0.25, 0.3) is 0 Å². The predicted octanol–water partition coefficient (Wildman–Crippen LogP) is 14.1. The Labute approximate surface area is 309 Å². The molecule has 0 aliphatic rings. The molecule has 254 valence electrons. The minimum Gasteiger partial charge on any atom is -0.456 e. The van der Waals surface area contributed by atoms with Gasteiger partial charge < -0.3 is 18.2 Å². The molecule has 0 aliphatic heterocycles. The van der Waals surface area contributed by atoms with Crippen LogP contribution in [-0.4, -0.2) is 4.98 Å². The molecule has 0 radical (unpaired) electrons. The second-order valence-electron chi connectivity index (χ2n) is 13.5. The Hall–Kier alpha value is -7.37. The highest BCUT2D eigenvalue weighted by atomic mass is 16.4. The van der Waals surface area contributed by atoms with Crippen molar-refractivity contribution in [2.24, 2.45) is 0 Å². The van der Waals surface area contributed by atoms with Crippen molar-refractivity contribution in [3.63, 3.8) is 0 Å². The Morgan fingerprint density at radius 2 is 1.00 bits per heavy atom. The maximum absolute atomic E-state index is 6.37. The van der Waals surface area contributed by atoms with Gasteiger partial charge >= 0.3 is 0 Å². The molecule has 8 aromatic carbocycles. The van der Waals surface area contributed by atoms with E-state index in [1.807, 2.05) is 60.7 Å². The number of hydrogen-bond acceptors (Lipinski definition) is 5. The van der Waals surface area contributed by atoms with Gasteiger partial charge in [0.15, 0.2) is 5.58 Å². The molecule has 0 amide bonds. The summed E-state index contributed by atoms with van der Waals surface area (Å²) in [4.78, 5) is 7.26. The summed E-state index contributed by atoms with van der Waals surface area (Å²) in [5.41, 5.74) is 13.4. The van der Waals surface area contributed by atoms with Crippen molar-refractivity contribution in [2.75, 3.05) is 4.90 Å². The fourth-order valence-electron chi connectivity index (χ4n) is 7.75. The Morgan fingerprint density at radius 3 is 1.85 bits per heavy atom. The van der Waals surface area contributed by atoms with Gasteiger partial charge in [0.1, 0.15) is 27.8 Å². The van der Waals surface area contributed by atoms with Crippen LogP contribution >= 0.6 is 0 Å². The maximum Gasteiger partial charge on any atom is 0.227 e. The molecule has 3 aromatic heterocycles. The molecular weight excluding hydrogens is 665 g/mol. The smallest absolute Gasteiger partial charge is 0.227 e. The number of aromatic nitrogens is 1. The zero-order chi connectivity index (χ0) is 35.6.